The number of anilines is 2. The fourth-order valence-corrected chi connectivity index (χ4v) is 3.32. The van der Waals surface area contributed by atoms with Gasteiger partial charge < -0.3 is 10.2 Å². The Morgan fingerprint density at radius 2 is 1.76 bits per heavy atom. The Bertz CT molecular complexity index is 883. The van der Waals surface area contributed by atoms with Gasteiger partial charge in [-0.15, -0.1) is 0 Å². The van der Waals surface area contributed by atoms with Crippen molar-refractivity contribution in [2.24, 2.45) is 0 Å². The number of aromatic nitrogens is 1. The highest BCUT2D eigenvalue weighted by molar-refractivity contribution is 6.05. The maximum Gasteiger partial charge on any atom is 0.255 e. The second-order valence-electron chi connectivity index (χ2n) is 6.46. The topological polar surface area (TPSA) is 45.2 Å². The van der Waals surface area contributed by atoms with Gasteiger partial charge in [0.2, 0.25) is 0 Å². The fourth-order valence-electron chi connectivity index (χ4n) is 3.32. The molecule has 0 radical (unpaired) electrons. The zero-order valence-electron chi connectivity index (χ0n) is 14.1. The third-order valence-corrected chi connectivity index (χ3v) is 4.71. The van der Waals surface area contributed by atoms with Crippen molar-refractivity contribution in [2.45, 2.75) is 19.3 Å². The molecule has 0 bridgehead atoms. The highest BCUT2D eigenvalue weighted by atomic mass is 16.1. The Hall–Kier alpha value is -2.88. The van der Waals surface area contributed by atoms with E-state index in [0.29, 0.717) is 5.56 Å². The molecule has 0 unspecified atom stereocenters. The summed E-state index contributed by atoms with van der Waals surface area (Å²) in [4.78, 5) is 19.2. The Balaban J connectivity index is 1.48. The number of carbonyl (C=O) groups excluding carboxylic acids is 1. The van der Waals surface area contributed by atoms with Gasteiger partial charge in [-0.05, 0) is 61.7 Å². The summed E-state index contributed by atoms with van der Waals surface area (Å²) in [5.41, 5.74) is 3.50. The smallest absolute Gasteiger partial charge is 0.255 e. The summed E-state index contributed by atoms with van der Waals surface area (Å²) in [5, 5.41) is 4.02. The molecule has 3 aromatic rings. The third kappa shape index (κ3) is 3.48. The summed E-state index contributed by atoms with van der Waals surface area (Å²) in [6.45, 7) is 2.21. The molecular formula is C21H21N3O. The first-order valence-corrected chi connectivity index (χ1v) is 8.81. The largest absolute Gasteiger partial charge is 0.372 e. The first-order chi connectivity index (χ1) is 12.3. The summed E-state index contributed by atoms with van der Waals surface area (Å²) >= 11 is 0. The number of nitrogens with one attached hydrogen (secondary N) is 1. The highest BCUT2D eigenvalue weighted by Crippen LogP contribution is 2.21. The van der Waals surface area contributed by atoms with Gasteiger partial charge in [-0.3, -0.25) is 9.78 Å². The summed E-state index contributed by atoms with van der Waals surface area (Å²) in [7, 11) is 0. The summed E-state index contributed by atoms with van der Waals surface area (Å²) < 4.78 is 0. The van der Waals surface area contributed by atoms with Gasteiger partial charge in [0.15, 0.2) is 0 Å². The summed E-state index contributed by atoms with van der Waals surface area (Å²) in [5.74, 6) is -0.0968. The van der Waals surface area contributed by atoms with Gasteiger partial charge in [0.05, 0.1) is 5.52 Å². The van der Waals surface area contributed by atoms with E-state index in [2.05, 4.69) is 15.2 Å². The molecule has 1 fully saturated rings. The molecule has 4 nitrogen and oxygen atoms in total. The average molecular weight is 331 g/mol. The standard InChI is InChI=1S/C21H21N3O/c25-21(23-18-9-6-16-5-4-12-22-20(16)15-18)17-7-10-19(11-8-17)24-13-2-1-3-14-24/h4-12,15H,1-3,13-14H2,(H,23,25). The van der Waals surface area contributed by atoms with Crippen molar-refractivity contribution in [3.8, 4) is 0 Å². The Morgan fingerprint density at radius 1 is 0.960 bits per heavy atom. The molecule has 0 saturated carbocycles. The minimum absolute atomic E-state index is 0.0968. The van der Waals surface area contributed by atoms with Crippen LogP contribution in [0, 0.1) is 0 Å². The summed E-state index contributed by atoms with van der Waals surface area (Å²) in [6.07, 6.45) is 5.57. The van der Waals surface area contributed by atoms with E-state index in [0.717, 1.165) is 29.7 Å². The molecule has 0 atom stereocenters. The molecule has 0 aliphatic carbocycles. The van der Waals surface area contributed by atoms with Crippen LogP contribution < -0.4 is 10.2 Å². The van der Waals surface area contributed by atoms with E-state index < -0.39 is 0 Å². The highest BCUT2D eigenvalue weighted by Gasteiger charge is 2.12. The predicted molar refractivity (Wildman–Crippen MR) is 102 cm³/mol. The van der Waals surface area contributed by atoms with Gasteiger partial charge in [0.25, 0.3) is 5.91 Å². The first-order valence-electron chi connectivity index (χ1n) is 8.81. The van der Waals surface area contributed by atoms with Crippen LogP contribution in [0.1, 0.15) is 29.6 Å². The van der Waals surface area contributed by atoms with Crippen LogP contribution in [0.2, 0.25) is 0 Å². The van der Waals surface area contributed by atoms with Crippen LogP contribution in [0.15, 0.2) is 60.8 Å². The second kappa shape index (κ2) is 6.93. The second-order valence-corrected chi connectivity index (χ2v) is 6.46. The quantitative estimate of drug-likeness (QED) is 0.770. The van der Waals surface area contributed by atoms with Crippen LogP contribution in [-0.2, 0) is 0 Å². The van der Waals surface area contributed by atoms with Crippen molar-refractivity contribution in [1.82, 2.24) is 4.98 Å². The Kier molecular flexibility index (Phi) is 4.34. The van der Waals surface area contributed by atoms with Gasteiger partial charge in [0.1, 0.15) is 0 Å². The van der Waals surface area contributed by atoms with Crippen molar-refractivity contribution in [1.29, 1.82) is 0 Å². The van der Waals surface area contributed by atoms with Crippen LogP contribution in [-0.4, -0.2) is 24.0 Å². The fraction of sp³-hybridized carbons (Fsp3) is 0.238. The average Bonchev–Trinajstić information content (AvgIpc) is 2.69. The number of pyridine rings is 1. The van der Waals surface area contributed by atoms with E-state index in [1.165, 1.54) is 24.9 Å². The van der Waals surface area contributed by atoms with Crippen molar-refractivity contribution in [2.75, 3.05) is 23.3 Å². The molecule has 1 saturated heterocycles. The number of benzene rings is 2. The van der Waals surface area contributed by atoms with Crippen molar-refractivity contribution in [3.05, 3.63) is 66.4 Å². The van der Waals surface area contributed by atoms with E-state index in [1.807, 2.05) is 54.6 Å². The molecule has 4 heteroatoms. The number of amides is 1. The monoisotopic (exact) mass is 331 g/mol. The first kappa shape index (κ1) is 15.6. The lowest BCUT2D eigenvalue weighted by molar-refractivity contribution is 0.102. The minimum Gasteiger partial charge on any atom is -0.372 e. The maximum atomic E-state index is 12.5. The number of fused-ring (bicyclic) bond motifs is 1. The molecule has 1 N–H and O–H groups in total. The van der Waals surface area contributed by atoms with Gasteiger partial charge in [-0.25, -0.2) is 0 Å². The molecule has 1 aliphatic rings. The van der Waals surface area contributed by atoms with E-state index in [4.69, 9.17) is 0 Å². The normalized spacial score (nSPS) is 14.5. The van der Waals surface area contributed by atoms with Crippen molar-refractivity contribution < 1.29 is 4.79 Å². The minimum atomic E-state index is -0.0968. The maximum absolute atomic E-state index is 12.5. The number of hydrogen-bond donors (Lipinski definition) is 1. The van der Waals surface area contributed by atoms with Gasteiger partial charge in [-0.1, -0.05) is 12.1 Å². The van der Waals surface area contributed by atoms with Crippen LogP contribution in [0.3, 0.4) is 0 Å². The van der Waals surface area contributed by atoms with Crippen LogP contribution in [0.25, 0.3) is 10.9 Å². The number of piperidine rings is 1. The lowest BCUT2D eigenvalue weighted by atomic mass is 10.1. The van der Waals surface area contributed by atoms with Crippen LogP contribution in [0.5, 0.6) is 0 Å². The SMILES string of the molecule is O=C(Nc1ccc2cccnc2c1)c1ccc(N2CCCCC2)cc1. The van der Waals surface area contributed by atoms with E-state index >= 15 is 0 Å². The van der Waals surface area contributed by atoms with E-state index in [1.54, 1.807) is 6.20 Å². The Morgan fingerprint density at radius 3 is 2.56 bits per heavy atom. The van der Waals surface area contributed by atoms with Gasteiger partial charge in [0, 0.05) is 41.6 Å². The molecule has 4 rings (SSSR count). The van der Waals surface area contributed by atoms with Crippen molar-refractivity contribution in [3.63, 3.8) is 0 Å². The zero-order chi connectivity index (χ0) is 17.1. The third-order valence-electron chi connectivity index (χ3n) is 4.71. The van der Waals surface area contributed by atoms with Gasteiger partial charge >= 0.3 is 0 Å². The molecule has 25 heavy (non-hydrogen) atoms. The lowest BCUT2D eigenvalue weighted by Crippen LogP contribution is -2.29. The molecule has 0 spiro atoms. The summed E-state index contributed by atoms with van der Waals surface area (Å²) in [6, 6.07) is 17.6. The number of rotatable bonds is 3. The molecule has 2 aromatic carbocycles. The molecule has 1 amide bonds. The molecular weight excluding hydrogens is 310 g/mol. The number of carbonyl (C=O) groups is 1. The molecule has 1 aliphatic heterocycles. The van der Waals surface area contributed by atoms with E-state index in [-0.39, 0.29) is 5.91 Å². The molecule has 126 valence electrons. The van der Waals surface area contributed by atoms with Crippen LogP contribution in [0.4, 0.5) is 11.4 Å². The van der Waals surface area contributed by atoms with E-state index in [9.17, 15) is 4.79 Å². The lowest BCUT2D eigenvalue weighted by Gasteiger charge is -2.28. The predicted octanol–water partition coefficient (Wildman–Crippen LogP) is 4.48. The molecule has 1 aromatic heterocycles. The Labute approximate surface area is 147 Å². The zero-order valence-corrected chi connectivity index (χ0v) is 14.1. The van der Waals surface area contributed by atoms with Crippen molar-refractivity contribution >= 4 is 28.2 Å². The van der Waals surface area contributed by atoms with Gasteiger partial charge in [-0.2, -0.15) is 0 Å². The number of nitrogens with zero attached hydrogens (tertiary/aromatic N) is 2. The van der Waals surface area contributed by atoms with Crippen LogP contribution >= 0.6 is 0 Å². The molecule has 2 heterocycles. The number of hydrogen-bond acceptors (Lipinski definition) is 3.